The molecule has 1 heterocycles. The van der Waals surface area contributed by atoms with Gasteiger partial charge in [0.25, 0.3) is 5.91 Å². The second-order valence-electron chi connectivity index (χ2n) is 7.83. The molecule has 4 rings (SSSR count). The van der Waals surface area contributed by atoms with Crippen LogP contribution >= 0.6 is 15.9 Å². The van der Waals surface area contributed by atoms with Crippen molar-refractivity contribution in [3.05, 3.63) is 94.2 Å². The Morgan fingerprint density at radius 2 is 1.78 bits per heavy atom. The van der Waals surface area contributed by atoms with Crippen molar-refractivity contribution >= 4 is 32.9 Å². The van der Waals surface area contributed by atoms with Crippen molar-refractivity contribution in [2.45, 2.75) is 32.9 Å². The summed E-state index contributed by atoms with van der Waals surface area (Å²) in [6.45, 7) is 5.39. The predicted molar refractivity (Wildman–Crippen MR) is 131 cm³/mol. The van der Waals surface area contributed by atoms with Crippen LogP contribution in [-0.2, 0) is 6.54 Å². The maximum Gasteiger partial charge on any atom is 0.251 e. The first-order valence-electron chi connectivity index (χ1n) is 10.7. The summed E-state index contributed by atoms with van der Waals surface area (Å²) in [6.07, 6.45) is 0.828. The Kier molecular flexibility index (Phi) is 6.90. The molecule has 1 N–H and O–H groups in total. The second kappa shape index (κ2) is 10.0. The Labute approximate surface area is 196 Å². The first-order valence-corrected chi connectivity index (χ1v) is 11.5. The number of nitrogens with one attached hydrogen (secondary N) is 1. The SMILES string of the molecule is Cc1ccc(OCCCn2c(C(C)NC(=O)c3ccc(Br)cc3)nc3ccccc32)cc1. The number of aromatic nitrogens is 2. The van der Waals surface area contributed by atoms with Crippen LogP contribution in [0.2, 0.25) is 0 Å². The fourth-order valence-electron chi connectivity index (χ4n) is 3.65. The summed E-state index contributed by atoms with van der Waals surface area (Å²) in [5.41, 5.74) is 3.81. The first-order chi connectivity index (χ1) is 15.5. The van der Waals surface area contributed by atoms with E-state index in [1.165, 1.54) is 5.56 Å². The van der Waals surface area contributed by atoms with E-state index in [0.717, 1.165) is 40.0 Å². The smallest absolute Gasteiger partial charge is 0.251 e. The monoisotopic (exact) mass is 491 g/mol. The van der Waals surface area contributed by atoms with Gasteiger partial charge in [-0.05, 0) is 68.8 Å². The molecule has 0 aliphatic heterocycles. The molecule has 0 radical (unpaired) electrons. The summed E-state index contributed by atoms with van der Waals surface area (Å²) in [6, 6.07) is 23.2. The third-order valence-electron chi connectivity index (χ3n) is 5.34. The molecule has 0 saturated carbocycles. The average molecular weight is 492 g/mol. The number of imidazole rings is 1. The largest absolute Gasteiger partial charge is 0.494 e. The molecule has 32 heavy (non-hydrogen) atoms. The van der Waals surface area contributed by atoms with Gasteiger partial charge in [-0.2, -0.15) is 0 Å². The van der Waals surface area contributed by atoms with Crippen LogP contribution in [0.1, 0.15) is 41.1 Å². The van der Waals surface area contributed by atoms with Gasteiger partial charge in [-0.25, -0.2) is 4.98 Å². The number of ether oxygens (including phenoxy) is 1. The van der Waals surface area contributed by atoms with Crippen molar-refractivity contribution in [3.63, 3.8) is 0 Å². The summed E-state index contributed by atoms with van der Waals surface area (Å²) in [5.74, 6) is 1.60. The molecule has 0 fully saturated rings. The van der Waals surface area contributed by atoms with Crippen LogP contribution in [0.3, 0.4) is 0 Å². The van der Waals surface area contributed by atoms with Crippen molar-refractivity contribution in [1.82, 2.24) is 14.9 Å². The lowest BCUT2D eigenvalue weighted by Gasteiger charge is -2.17. The Balaban J connectivity index is 1.47. The average Bonchev–Trinajstić information content (AvgIpc) is 3.17. The molecule has 164 valence electrons. The Bertz CT molecular complexity index is 1200. The fourth-order valence-corrected chi connectivity index (χ4v) is 3.92. The van der Waals surface area contributed by atoms with Crippen LogP contribution in [0.15, 0.2) is 77.3 Å². The maximum absolute atomic E-state index is 12.7. The summed E-state index contributed by atoms with van der Waals surface area (Å²) in [7, 11) is 0. The van der Waals surface area contributed by atoms with Crippen molar-refractivity contribution in [2.24, 2.45) is 0 Å². The molecule has 0 spiro atoms. The van der Waals surface area contributed by atoms with Crippen molar-refractivity contribution in [2.75, 3.05) is 6.61 Å². The Morgan fingerprint density at radius 3 is 2.53 bits per heavy atom. The minimum atomic E-state index is -0.239. The highest BCUT2D eigenvalue weighted by Gasteiger charge is 2.19. The number of hydrogen-bond donors (Lipinski definition) is 1. The van der Waals surface area contributed by atoms with Gasteiger partial charge in [0.1, 0.15) is 11.6 Å². The highest BCUT2D eigenvalue weighted by Crippen LogP contribution is 2.22. The van der Waals surface area contributed by atoms with Gasteiger partial charge in [0, 0.05) is 16.6 Å². The molecule has 3 aromatic carbocycles. The Hall–Kier alpha value is -3.12. The van der Waals surface area contributed by atoms with Crippen LogP contribution < -0.4 is 10.1 Å². The molecule has 1 atom stereocenters. The number of halogens is 1. The molecule has 4 aromatic rings. The van der Waals surface area contributed by atoms with Crippen molar-refractivity contribution in [3.8, 4) is 5.75 Å². The quantitative estimate of drug-likeness (QED) is 0.304. The minimum absolute atomic E-state index is 0.119. The zero-order valence-corrected chi connectivity index (χ0v) is 19.8. The number of rotatable bonds is 8. The number of amides is 1. The molecule has 1 aromatic heterocycles. The third kappa shape index (κ3) is 5.19. The minimum Gasteiger partial charge on any atom is -0.494 e. The van der Waals surface area contributed by atoms with E-state index >= 15 is 0 Å². The fraction of sp³-hybridized carbons (Fsp3) is 0.231. The van der Waals surface area contributed by atoms with Gasteiger partial charge in [0.05, 0.1) is 23.7 Å². The maximum atomic E-state index is 12.7. The number of para-hydroxylation sites is 2. The normalized spacial score (nSPS) is 12.0. The molecule has 0 saturated heterocycles. The molecule has 0 aliphatic carbocycles. The van der Waals surface area contributed by atoms with E-state index in [2.05, 4.69) is 38.8 Å². The zero-order valence-electron chi connectivity index (χ0n) is 18.2. The number of hydrogen-bond acceptors (Lipinski definition) is 3. The predicted octanol–water partition coefficient (Wildman–Crippen LogP) is 6.07. The summed E-state index contributed by atoms with van der Waals surface area (Å²) >= 11 is 3.40. The van der Waals surface area contributed by atoms with Gasteiger partial charge >= 0.3 is 0 Å². The number of carbonyl (C=O) groups excluding carboxylic acids is 1. The third-order valence-corrected chi connectivity index (χ3v) is 5.87. The number of nitrogens with zero attached hydrogens (tertiary/aromatic N) is 2. The van der Waals surface area contributed by atoms with Gasteiger partial charge in [0.2, 0.25) is 0 Å². The van der Waals surface area contributed by atoms with E-state index < -0.39 is 0 Å². The standard InChI is InChI=1S/C26H26BrN3O2/c1-18-8-14-22(15-9-18)32-17-5-16-30-24-7-4-3-6-23(24)29-25(30)19(2)28-26(31)20-10-12-21(27)13-11-20/h3-4,6-15,19H,5,16-17H2,1-2H3,(H,28,31). The summed E-state index contributed by atoms with van der Waals surface area (Å²) < 4.78 is 9.02. The molecule has 1 unspecified atom stereocenters. The highest BCUT2D eigenvalue weighted by atomic mass is 79.9. The lowest BCUT2D eigenvalue weighted by atomic mass is 10.2. The molecule has 0 bridgehead atoms. The van der Waals surface area contributed by atoms with E-state index in [9.17, 15) is 4.79 Å². The van der Waals surface area contributed by atoms with Crippen molar-refractivity contribution < 1.29 is 9.53 Å². The van der Waals surface area contributed by atoms with Crippen LogP contribution in [0.25, 0.3) is 11.0 Å². The van der Waals surface area contributed by atoms with Gasteiger partial charge in [0.15, 0.2) is 0 Å². The molecular weight excluding hydrogens is 466 g/mol. The lowest BCUT2D eigenvalue weighted by Crippen LogP contribution is -2.28. The first kappa shape index (κ1) is 22.1. The Morgan fingerprint density at radius 1 is 1.06 bits per heavy atom. The number of fused-ring (bicyclic) bond motifs is 1. The van der Waals surface area contributed by atoms with Crippen LogP contribution in [0.5, 0.6) is 5.75 Å². The molecule has 5 nitrogen and oxygen atoms in total. The highest BCUT2D eigenvalue weighted by molar-refractivity contribution is 9.10. The van der Waals surface area contributed by atoms with Gasteiger partial charge in [-0.15, -0.1) is 0 Å². The van der Waals surface area contributed by atoms with Gasteiger partial charge < -0.3 is 14.6 Å². The number of benzene rings is 3. The number of carbonyl (C=O) groups is 1. The van der Waals surface area contributed by atoms with Gasteiger partial charge in [-0.1, -0.05) is 45.8 Å². The van der Waals surface area contributed by atoms with Crippen LogP contribution in [0, 0.1) is 6.92 Å². The lowest BCUT2D eigenvalue weighted by molar-refractivity contribution is 0.0937. The molecular formula is C26H26BrN3O2. The molecule has 0 aliphatic rings. The molecule has 6 heteroatoms. The van der Waals surface area contributed by atoms with E-state index in [0.29, 0.717) is 12.2 Å². The topological polar surface area (TPSA) is 56.1 Å². The van der Waals surface area contributed by atoms with Crippen LogP contribution in [-0.4, -0.2) is 22.1 Å². The van der Waals surface area contributed by atoms with E-state index in [1.807, 2.05) is 61.5 Å². The zero-order chi connectivity index (χ0) is 22.5. The van der Waals surface area contributed by atoms with Crippen molar-refractivity contribution in [1.29, 1.82) is 0 Å². The number of aryl methyl sites for hydroxylation is 2. The second-order valence-corrected chi connectivity index (χ2v) is 8.74. The van der Waals surface area contributed by atoms with E-state index in [1.54, 1.807) is 12.1 Å². The van der Waals surface area contributed by atoms with E-state index in [-0.39, 0.29) is 11.9 Å². The summed E-state index contributed by atoms with van der Waals surface area (Å²) in [4.78, 5) is 17.5. The molecule has 1 amide bonds. The van der Waals surface area contributed by atoms with Gasteiger partial charge in [-0.3, -0.25) is 4.79 Å². The van der Waals surface area contributed by atoms with E-state index in [4.69, 9.17) is 9.72 Å². The summed E-state index contributed by atoms with van der Waals surface area (Å²) in [5, 5.41) is 3.09. The van der Waals surface area contributed by atoms with Crippen LogP contribution in [0.4, 0.5) is 0 Å².